The molecular weight excluding hydrogens is 345 g/mol. The predicted molar refractivity (Wildman–Crippen MR) is 87.7 cm³/mol. The summed E-state index contributed by atoms with van der Waals surface area (Å²) in [7, 11) is 0. The van der Waals surface area contributed by atoms with E-state index in [0.717, 1.165) is 0 Å². The molecule has 1 atom stereocenters. The molecule has 5 nitrogen and oxygen atoms in total. The first-order chi connectivity index (χ1) is 10.5. The maximum atomic E-state index is 12.2. The van der Waals surface area contributed by atoms with Gasteiger partial charge >= 0.3 is 0 Å². The zero-order valence-electron chi connectivity index (χ0n) is 11.3. The van der Waals surface area contributed by atoms with Crippen LogP contribution in [0.4, 0.5) is 10.8 Å². The zero-order valence-corrected chi connectivity index (χ0v) is 13.6. The first-order valence-corrected chi connectivity index (χ1v) is 8.13. The van der Waals surface area contributed by atoms with Crippen LogP contribution in [0.2, 0.25) is 10.0 Å². The van der Waals surface area contributed by atoms with Gasteiger partial charge in [0.2, 0.25) is 11.8 Å². The number of nitrogens with one attached hydrogen (secondary N) is 1. The Labute approximate surface area is 140 Å². The number of amides is 2. The van der Waals surface area contributed by atoms with Crippen LogP contribution in [0.25, 0.3) is 0 Å². The number of benzene rings is 1. The summed E-state index contributed by atoms with van der Waals surface area (Å²) in [6.07, 6.45) is 1.77. The van der Waals surface area contributed by atoms with E-state index in [4.69, 9.17) is 23.2 Å². The van der Waals surface area contributed by atoms with Crippen molar-refractivity contribution < 1.29 is 9.59 Å². The maximum Gasteiger partial charge on any atom is 0.231 e. The second-order valence-corrected chi connectivity index (χ2v) is 6.63. The van der Waals surface area contributed by atoms with E-state index in [1.807, 2.05) is 0 Å². The number of carbonyl (C=O) groups is 2. The highest BCUT2D eigenvalue weighted by Gasteiger charge is 2.35. The van der Waals surface area contributed by atoms with Gasteiger partial charge in [0, 0.05) is 40.3 Å². The summed E-state index contributed by atoms with van der Waals surface area (Å²) in [5.41, 5.74) is 0.604. The summed E-state index contributed by atoms with van der Waals surface area (Å²) in [5.74, 6) is -0.759. The van der Waals surface area contributed by atoms with Crippen LogP contribution in [0.3, 0.4) is 0 Å². The normalized spacial score (nSPS) is 17.8. The van der Waals surface area contributed by atoms with Crippen LogP contribution in [0.5, 0.6) is 0 Å². The molecule has 0 aliphatic carbocycles. The van der Waals surface area contributed by atoms with Crippen molar-refractivity contribution in [3.8, 4) is 0 Å². The lowest BCUT2D eigenvalue weighted by atomic mass is 10.1. The fraction of sp³-hybridized carbons (Fsp3) is 0.214. The molecule has 1 aliphatic rings. The molecule has 1 aromatic heterocycles. The fourth-order valence-electron chi connectivity index (χ4n) is 2.32. The molecule has 1 saturated heterocycles. The monoisotopic (exact) mass is 355 g/mol. The summed E-state index contributed by atoms with van der Waals surface area (Å²) >= 11 is 13.3. The average molecular weight is 356 g/mol. The number of hydrogen-bond donors (Lipinski definition) is 1. The Morgan fingerprint density at radius 1 is 1.32 bits per heavy atom. The average Bonchev–Trinajstić information content (AvgIpc) is 3.07. The molecule has 0 spiro atoms. The molecule has 1 aromatic carbocycles. The van der Waals surface area contributed by atoms with Crippen LogP contribution in [0, 0.1) is 5.92 Å². The summed E-state index contributed by atoms with van der Waals surface area (Å²) in [6.45, 7) is 0.298. The minimum atomic E-state index is -0.422. The Balaban J connectivity index is 1.74. The Morgan fingerprint density at radius 3 is 2.68 bits per heavy atom. The SMILES string of the molecule is O=C(Nc1nccs1)[C@H]1CC(=O)N(c2cc(Cl)cc(Cl)c2)C1. The van der Waals surface area contributed by atoms with Gasteiger partial charge in [-0.15, -0.1) is 11.3 Å². The van der Waals surface area contributed by atoms with Gasteiger partial charge in [-0.05, 0) is 18.2 Å². The van der Waals surface area contributed by atoms with Crippen LogP contribution in [-0.4, -0.2) is 23.3 Å². The third-order valence-corrected chi connectivity index (χ3v) is 4.44. The van der Waals surface area contributed by atoms with Crippen molar-refractivity contribution in [1.82, 2.24) is 4.98 Å². The van der Waals surface area contributed by atoms with Crippen molar-refractivity contribution in [1.29, 1.82) is 0 Å². The van der Waals surface area contributed by atoms with E-state index < -0.39 is 5.92 Å². The molecule has 22 heavy (non-hydrogen) atoms. The van der Waals surface area contributed by atoms with Gasteiger partial charge in [-0.1, -0.05) is 23.2 Å². The van der Waals surface area contributed by atoms with Crippen molar-refractivity contribution in [3.63, 3.8) is 0 Å². The number of halogens is 2. The fourth-order valence-corrected chi connectivity index (χ4v) is 3.37. The molecule has 1 N–H and O–H groups in total. The Morgan fingerprint density at radius 2 is 2.05 bits per heavy atom. The van der Waals surface area contributed by atoms with Gasteiger partial charge in [0.05, 0.1) is 5.92 Å². The largest absolute Gasteiger partial charge is 0.311 e. The maximum absolute atomic E-state index is 12.2. The standard InChI is InChI=1S/C14H11Cl2N3O2S/c15-9-4-10(16)6-11(5-9)19-7-8(3-12(19)20)13(21)18-14-17-1-2-22-14/h1-2,4-6,8H,3,7H2,(H,17,18,21)/t8-/m0/s1. The molecule has 1 fully saturated rings. The number of nitrogens with zero attached hydrogens (tertiary/aromatic N) is 2. The van der Waals surface area contributed by atoms with Crippen LogP contribution in [-0.2, 0) is 9.59 Å². The molecule has 1 aliphatic heterocycles. The first-order valence-electron chi connectivity index (χ1n) is 6.50. The molecule has 2 aromatic rings. The number of rotatable bonds is 3. The minimum absolute atomic E-state index is 0.127. The van der Waals surface area contributed by atoms with E-state index >= 15 is 0 Å². The molecule has 8 heteroatoms. The minimum Gasteiger partial charge on any atom is -0.311 e. The highest BCUT2D eigenvalue weighted by atomic mass is 35.5. The Bertz CT molecular complexity index is 701. The molecular formula is C14H11Cl2N3O2S. The van der Waals surface area contributed by atoms with Crippen LogP contribution < -0.4 is 10.2 Å². The van der Waals surface area contributed by atoms with Gasteiger partial charge in [0.15, 0.2) is 5.13 Å². The van der Waals surface area contributed by atoms with Crippen LogP contribution in [0.15, 0.2) is 29.8 Å². The Hall–Kier alpha value is -1.63. The third kappa shape index (κ3) is 3.24. The lowest BCUT2D eigenvalue weighted by Gasteiger charge is -2.17. The van der Waals surface area contributed by atoms with Gasteiger partial charge < -0.3 is 10.2 Å². The summed E-state index contributed by atoms with van der Waals surface area (Å²) in [6, 6.07) is 4.92. The van der Waals surface area contributed by atoms with Gasteiger partial charge in [0.25, 0.3) is 0 Å². The van der Waals surface area contributed by atoms with Crippen LogP contribution >= 0.6 is 34.5 Å². The number of anilines is 2. The van der Waals surface area contributed by atoms with E-state index in [1.54, 1.807) is 29.8 Å². The lowest BCUT2D eigenvalue weighted by molar-refractivity contribution is -0.122. The smallest absolute Gasteiger partial charge is 0.231 e. The number of hydrogen-bond acceptors (Lipinski definition) is 4. The van der Waals surface area contributed by atoms with Crippen LogP contribution in [0.1, 0.15) is 6.42 Å². The van der Waals surface area contributed by atoms with E-state index in [2.05, 4.69) is 10.3 Å². The Kier molecular flexibility index (Phi) is 4.33. The highest BCUT2D eigenvalue weighted by Crippen LogP contribution is 2.30. The van der Waals surface area contributed by atoms with Crippen molar-refractivity contribution in [2.45, 2.75) is 6.42 Å². The van der Waals surface area contributed by atoms with Crippen molar-refractivity contribution in [3.05, 3.63) is 39.8 Å². The predicted octanol–water partition coefficient (Wildman–Crippen LogP) is 3.44. The van der Waals surface area contributed by atoms with E-state index in [1.165, 1.54) is 16.2 Å². The second kappa shape index (κ2) is 6.24. The number of thiazole rings is 1. The molecule has 0 bridgehead atoms. The number of aromatic nitrogens is 1. The van der Waals surface area contributed by atoms with Gasteiger partial charge in [-0.25, -0.2) is 4.98 Å². The second-order valence-electron chi connectivity index (χ2n) is 4.86. The van der Waals surface area contributed by atoms with Crippen molar-refractivity contribution >= 4 is 57.2 Å². The summed E-state index contributed by atoms with van der Waals surface area (Å²) in [5, 5.41) is 5.92. The summed E-state index contributed by atoms with van der Waals surface area (Å²) in [4.78, 5) is 29.9. The highest BCUT2D eigenvalue weighted by molar-refractivity contribution is 7.13. The topological polar surface area (TPSA) is 62.3 Å². The molecule has 0 saturated carbocycles. The van der Waals surface area contributed by atoms with Crippen molar-refractivity contribution in [2.24, 2.45) is 5.92 Å². The molecule has 0 unspecified atom stereocenters. The van der Waals surface area contributed by atoms with Crippen molar-refractivity contribution in [2.75, 3.05) is 16.8 Å². The molecule has 114 valence electrons. The first kappa shape index (κ1) is 15.3. The van der Waals surface area contributed by atoms with Gasteiger partial charge in [0.1, 0.15) is 0 Å². The van der Waals surface area contributed by atoms with E-state index in [9.17, 15) is 9.59 Å². The quantitative estimate of drug-likeness (QED) is 0.916. The van der Waals surface area contributed by atoms with Gasteiger partial charge in [-0.2, -0.15) is 0 Å². The summed E-state index contributed by atoms with van der Waals surface area (Å²) < 4.78 is 0. The molecule has 2 amide bonds. The molecule has 0 radical (unpaired) electrons. The third-order valence-electron chi connectivity index (χ3n) is 3.32. The lowest BCUT2D eigenvalue weighted by Crippen LogP contribution is -2.28. The molecule has 2 heterocycles. The zero-order chi connectivity index (χ0) is 15.7. The molecule has 3 rings (SSSR count). The van der Waals surface area contributed by atoms with Gasteiger partial charge in [-0.3, -0.25) is 9.59 Å². The van der Waals surface area contributed by atoms with E-state index in [-0.39, 0.29) is 18.2 Å². The number of carbonyl (C=O) groups excluding carboxylic acids is 2. The van der Waals surface area contributed by atoms with E-state index in [0.29, 0.717) is 27.4 Å².